The van der Waals surface area contributed by atoms with Crippen molar-refractivity contribution in [2.75, 3.05) is 17.7 Å². The van der Waals surface area contributed by atoms with E-state index in [1.54, 1.807) is 29.6 Å². The summed E-state index contributed by atoms with van der Waals surface area (Å²) in [7, 11) is 1.29. The topological polar surface area (TPSA) is 89.6 Å². The third-order valence-corrected chi connectivity index (χ3v) is 4.68. The first-order valence-electron chi connectivity index (χ1n) is 8.93. The summed E-state index contributed by atoms with van der Waals surface area (Å²) in [6.45, 7) is 3.95. The summed E-state index contributed by atoms with van der Waals surface area (Å²) in [5.41, 5.74) is 2.42. The summed E-state index contributed by atoms with van der Waals surface area (Å²) >= 11 is 1.40. The summed E-state index contributed by atoms with van der Waals surface area (Å²) in [6.07, 6.45) is -0.443. The number of rotatable bonds is 6. The lowest BCUT2D eigenvalue weighted by Crippen LogP contribution is -2.13. The zero-order valence-corrected chi connectivity index (χ0v) is 17.1. The number of methoxy groups -OCH3 is 1. The number of hydrogen-bond acceptors (Lipinski definition) is 6. The van der Waals surface area contributed by atoms with Crippen LogP contribution in [0.1, 0.15) is 24.3 Å². The molecule has 0 aliphatic rings. The van der Waals surface area contributed by atoms with Gasteiger partial charge in [-0.05, 0) is 62.4 Å². The normalized spacial score (nSPS) is 10.5. The van der Waals surface area contributed by atoms with Gasteiger partial charge < -0.3 is 14.8 Å². The van der Waals surface area contributed by atoms with E-state index in [1.807, 2.05) is 38.1 Å². The highest BCUT2D eigenvalue weighted by atomic mass is 32.1. The van der Waals surface area contributed by atoms with Crippen LogP contribution in [0, 0.1) is 0 Å². The molecule has 3 rings (SSSR count). The molecule has 2 N–H and O–H groups in total. The molecule has 1 heterocycles. The number of carbonyl (C=O) groups is 2. The van der Waals surface area contributed by atoms with Gasteiger partial charge >= 0.3 is 6.09 Å². The SMILES string of the molecule is COC(=O)Nc1ccc(NC(=O)c2csc(-c3ccc(OC(C)C)cc3)n2)cc1. The van der Waals surface area contributed by atoms with E-state index in [2.05, 4.69) is 20.4 Å². The predicted octanol–water partition coefficient (Wildman–Crippen LogP) is 5.03. The van der Waals surface area contributed by atoms with Crippen LogP contribution in [0.25, 0.3) is 10.6 Å². The number of amides is 2. The zero-order chi connectivity index (χ0) is 20.8. The number of nitrogens with one attached hydrogen (secondary N) is 2. The average molecular weight is 411 g/mol. The Morgan fingerprint density at radius 1 is 0.966 bits per heavy atom. The number of aromatic nitrogens is 1. The standard InChI is InChI=1S/C21H21N3O4S/c1-13(2)28-17-10-4-14(5-11-17)20-24-18(12-29-20)19(25)22-15-6-8-16(9-7-15)23-21(26)27-3/h4-13H,1-3H3,(H,22,25)(H,23,26). The highest BCUT2D eigenvalue weighted by Gasteiger charge is 2.13. The van der Waals surface area contributed by atoms with E-state index in [1.165, 1.54) is 18.4 Å². The molecule has 150 valence electrons. The fraction of sp³-hybridized carbons (Fsp3) is 0.190. The number of carbonyl (C=O) groups excluding carboxylic acids is 2. The second-order valence-electron chi connectivity index (χ2n) is 6.38. The Labute approximate surface area is 172 Å². The Balaban J connectivity index is 1.64. The fourth-order valence-corrected chi connectivity index (χ4v) is 3.27. The Bertz CT molecular complexity index is 982. The van der Waals surface area contributed by atoms with Gasteiger partial charge in [-0.1, -0.05) is 0 Å². The van der Waals surface area contributed by atoms with Gasteiger partial charge in [0, 0.05) is 22.3 Å². The number of anilines is 2. The van der Waals surface area contributed by atoms with E-state index >= 15 is 0 Å². The monoisotopic (exact) mass is 411 g/mol. The number of thiazole rings is 1. The molecule has 0 saturated heterocycles. The molecule has 0 aliphatic carbocycles. The van der Waals surface area contributed by atoms with Gasteiger partial charge in [-0.25, -0.2) is 9.78 Å². The van der Waals surface area contributed by atoms with Crippen LogP contribution in [0.5, 0.6) is 5.75 Å². The number of hydrogen-bond donors (Lipinski definition) is 2. The Morgan fingerprint density at radius 2 is 1.59 bits per heavy atom. The van der Waals surface area contributed by atoms with E-state index in [4.69, 9.17) is 4.74 Å². The molecular formula is C21H21N3O4S. The maximum atomic E-state index is 12.5. The molecule has 0 fully saturated rings. The molecule has 0 radical (unpaired) electrons. The molecule has 29 heavy (non-hydrogen) atoms. The van der Waals surface area contributed by atoms with E-state index < -0.39 is 6.09 Å². The van der Waals surface area contributed by atoms with Crippen molar-refractivity contribution in [2.45, 2.75) is 20.0 Å². The zero-order valence-electron chi connectivity index (χ0n) is 16.3. The summed E-state index contributed by atoms with van der Waals surface area (Å²) in [5.74, 6) is 0.490. The van der Waals surface area contributed by atoms with Crippen molar-refractivity contribution in [1.82, 2.24) is 4.98 Å². The maximum Gasteiger partial charge on any atom is 0.411 e. The molecule has 0 atom stereocenters. The predicted molar refractivity (Wildman–Crippen MR) is 114 cm³/mol. The van der Waals surface area contributed by atoms with E-state index in [9.17, 15) is 9.59 Å². The Hall–Kier alpha value is -3.39. The lowest BCUT2D eigenvalue weighted by Gasteiger charge is -2.09. The minimum Gasteiger partial charge on any atom is -0.491 e. The molecule has 0 saturated carbocycles. The molecule has 7 nitrogen and oxygen atoms in total. The fourth-order valence-electron chi connectivity index (χ4n) is 2.46. The average Bonchev–Trinajstić information content (AvgIpc) is 3.20. The van der Waals surface area contributed by atoms with Crippen LogP contribution in [-0.4, -0.2) is 30.2 Å². The number of benzene rings is 2. The van der Waals surface area contributed by atoms with E-state index in [0.717, 1.165) is 16.3 Å². The third-order valence-electron chi connectivity index (χ3n) is 3.78. The van der Waals surface area contributed by atoms with Crippen molar-refractivity contribution in [3.8, 4) is 16.3 Å². The minimum absolute atomic E-state index is 0.112. The van der Waals surface area contributed by atoms with Crippen molar-refractivity contribution in [1.29, 1.82) is 0 Å². The molecule has 8 heteroatoms. The second kappa shape index (κ2) is 9.20. The first-order chi connectivity index (χ1) is 13.9. The van der Waals surface area contributed by atoms with Gasteiger partial charge in [-0.2, -0.15) is 0 Å². The maximum absolute atomic E-state index is 12.5. The van der Waals surface area contributed by atoms with Crippen LogP contribution < -0.4 is 15.4 Å². The van der Waals surface area contributed by atoms with Crippen molar-refractivity contribution in [3.63, 3.8) is 0 Å². The van der Waals surface area contributed by atoms with Crippen LogP contribution in [0.2, 0.25) is 0 Å². The molecule has 3 aromatic rings. The molecule has 0 aliphatic heterocycles. The first kappa shape index (κ1) is 20.3. The van der Waals surface area contributed by atoms with Gasteiger partial charge in [-0.3, -0.25) is 10.1 Å². The summed E-state index contributed by atoms with van der Waals surface area (Å²) in [4.78, 5) is 28.1. The van der Waals surface area contributed by atoms with E-state index in [-0.39, 0.29) is 12.0 Å². The number of ether oxygens (including phenoxy) is 2. The molecule has 2 amide bonds. The van der Waals surface area contributed by atoms with E-state index in [0.29, 0.717) is 17.1 Å². The summed E-state index contributed by atoms with van der Waals surface area (Å²) in [6, 6.07) is 14.3. The molecule has 0 spiro atoms. The molecule has 2 aromatic carbocycles. The quantitative estimate of drug-likeness (QED) is 0.594. The van der Waals surface area contributed by atoms with Gasteiger partial charge in [0.25, 0.3) is 5.91 Å². The van der Waals surface area contributed by atoms with Crippen LogP contribution in [0.15, 0.2) is 53.9 Å². The molecule has 0 bridgehead atoms. The highest BCUT2D eigenvalue weighted by Crippen LogP contribution is 2.26. The molecule has 1 aromatic heterocycles. The van der Waals surface area contributed by atoms with Crippen molar-refractivity contribution in [2.24, 2.45) is 0 Å². The first-order valence-corrected chi connectivity index (χ1v) is 9.81. The van der Waals surface area contributed by atoms with Crippen LogP contribution >= 0.6 is 11.3 Å². The molecule has 0 unspecified atom stereocenters. The van der Waals surface area contributed by atoms with Crippen LogP contribution in [0.3, 0.4) is 0 Å². The van der Waals surface area contributed by atoms with Crippen molar-refractivity contribution >= 4 is 34.7 Å². The highest BCUT2D eigenvalue weighted by molar-refractivity contribution is 7.13. The lowest BCUT2D eigenvalue weighted by molar-refractivity contribution is 0.102. The lowest BCUT2D eigenvalue weighted by atomic mass is 10.2. The Morgan fingerprint density at radius 3 is 2.17 bits per heavy atom. The van der Waals surface area contributed by atoms with Gasteiger partial charge in [0.15, 0.2) is 0 Å². The smallest absolute Gasteiger partial charge is 0.411 e. The largest absolute Gasteiger partial charge is 0.491 e. The summed E-state index contributed by atoms with van der Waals surface area (Å²) < 4.78 is 10.2. The van der Waals surface area contributed by atoms with Gasteiger partial charge in [-0.15, -0.1) is 11.3 Å². The van der Waals surface area contributed by atoms with Crippen LogP contribution in [0.4, 0.5) is 16.2 Å². The van der Waals surface area contributed by atoms with Crippen molar-refractivity contribution < 1.29 is 19.1 Å². The van der Waals surface area contributed by atoms with Crippen molar-refractivity contribution in [3.05, 3.63) is 59.6 Å². The molecular weight excluding hydrogens is 390 g/mol. The number of nitrogens with zero attached hydrogens (tertiary/aromatic N) is 1. The van der Waals surface area contributed by atoms with Gasteiger partial charge in [0.05, 0.1) is 13.2 Å². The Kier molecular flexibility index (Phi) is 6.46. The summed E-state index contributed by atoms with van der Waals surface area (Å²) in [5, 5.41) is 7.81. The third kappa shape index (κ3) is 5.55. The van der Waals surface area contributed by atoms with Gasteiger partial charge in [0.1, 0.15) is 16.5 Å². The minimum atomic E-state index is -0.555. The van der Waals surface area contributed by atoms with Gasteiger partial charge in [0.2, 0.25) is 0 Å². The second-order valence-corrected chi connectivity index (χ2v) is 7.24. The van der Waals surface area contributed by atoms with Crippen LogP contribution in [-0.2, 0) is 4.74 Å².